The van der Waals surface area contributed by atoms with Crippen LogP contribution in [-0.2, 0) is 5.67 Å². The van der Waals surface area contributed by atoms with Crippen molar-refractivity contribution in [1.82, 2.24) is 0 Å². The van der Waals surface area contributed by atoms with E-state index in [2.05, 4.69) is 37.2 Å². The fourth-order valence-electron chi connectivity index (χ4n) is 3.41. The molecule has 0 aromatic heterocycles. The largest absolute Gasteiger partial charge is 0.435 e. The van der Waals surface area contributed by atoms with Crippen molar-refractivity contribution in [3.63, 3.8) is 0 Å². The summed E-state index contributed by atoms with van der Waals surface area (Å²) in [6.07, 6.45) is -12.7. The van der Waals surface area contributed by atoms with Crippen LogP contribution in [0.4, 0.5) is 50.9 Å². The van der Waals surface area contributed by atoms with Gasteiger partial charge in [0, 0.05) is 27.1 Å². The Morgan fingerprint density at radius 1 is 0.821 bits per heavy atom. The third kappa shape index (κ3) is 5.78. The Kier molecular flexibility index (Phi) is 8.46. The summed E-state index contributed by atoms with van der Waals surface area (Å²) in [7, 11) is 1.18. The van der Waals surface area contributed by atoms with Crippen molar-refractivity contribution >= 4 is 55.0 Å². The van der Waals surface area contributed by atoms with Gasteiger partial charge in [-0.2, -0.15) is 26.3 Å². The van der Waals surface area contributed by atoms with Crippen LogP contribution in [0.3, 0.4) is 0 Å². The third-order valence-electron chi connectivity index (χ3n) is 5.44. The maximum Gasteiger partial charge on any atom is 0.435 e. The van der Waals surface area contributed by atoms with Crippen molar-refractivity contribution in [2.24, 2.45) is 0 Å². The first-order chi connectivity index (χ1) is 17.9. The monoisotopic (exact) mass is 690 g/mol. The average molecular weight is 692 g/mol. The fourth-order valence-corrected chi connectivity index (χ4v) is 4.79. The van der Waals surface area contributed by atoms with Crippen LogP contribution in [0.5, 0.6) is 0 Å². The van der Waals surface area contributed by atoms with E-state index in [1.165, 1.54) is 13.1 Å². The molecule has 1 N–H and O–H groups in total. The maximum absolute atomic E-state index is 15.3. The number of amides is 2. The van der Waals surface area contributed by atoms with Crippen molar-refractivity contribution in [3.8, 4) is 0 Å². The summed E-state index contributed by atoms with van der Waals surface area (Å²) >= 11 is 5.42. The van der Waals surface area contributed by atoms with E-state index in [-0.39, 0.29) is 23.4 Å². The average Bonchev–Trinajstić information content (AvgIpc) is 2.83. The molecule has 0 unspecified atom stereocenters. The van der Waals surface area contributed by atoms with Crippen LogP contribution in [0.25, 0.3) is 0 Å². The summed E-state index contributed by atoms with van der Waals surface area (Å²) in [6, 6.07) is 8.07. The molecule has 15 heteroatoms. The van der Waals surface area contributed by atoms with Gasteiger partial charge in [0.05, 0.1) is 16.9 Å². The van der Waals surface area contributed by atoms with Gasteiger partial charge in [0.15, 0.2) is 5.82 Å². The number of halogens is 11. The molecule has 39 heavy (non-hydrogen) atoms. The van der Waals surface area contributed by atoms with E-state index in [0.29, 0.717) is 0 Å². The molecule has 0 spiro atoms. The highest BCUT2D eigenvalue weighted by atomic mass is 79.9. The number of nitrogens with one attached hydrogen (secondary N) is 1. The highest BCUT2D eigenvalue weighted by Gasteiger charge is 2.73. The van der Waals surface area contributed by atoms with Crippen LogP contribution in [0.1, 0.15) is 26.3 Å². The Morgan fingerprint density at radius 2 is 1.33 bits per heavy atom. The zero-order chi connectivity index (χ0) is 29.5. The number of benzene rings is 3. The Labute approximate surface area is 231 Å². The molecule has 3 aromatic carbocycles. The summed E-state index contributed by atoms with van der Waals surface area (Å²) in [4.78, 5) is 26.3. The fraction of sp³-hybridized carbons (Fsp3) is 0.167. The standard InChI is InChI=1S/C24H13Br2F9N2O2/c1-37(21(39)11-5-7-13(27)8-6-11)17-4-2-3-14(18(17)28)20(38)36-19-15(25)9-12(10-16(19)26)22(29,23(30,31)32)24(33,34)35/h2-10H,1H3,(H,36,38). The molecule has 0 radical (unpaired) electrons. The van der Waals surface area contributed by atoms with Crippen LogP contribution in [0, 0.1) is 11.6 Å². The van der Waals surface area contributed by atoms with Gasteiger partial charge in [-0.3, -0.25) is 9.59 Å². The van der Waals surface area contributed by atoms with Gasteiger partial charge in [0.25, 0.3) is 11.8 Å². The molecular weight excluding hydrogens is 679 g/mol. The van der Waals surface area contributed by atoms with Gasteiger partial charge in [0.2, 0.25) is 0 Å². The van der Waals surface area contributed by atoms with Crippen molar-refractivity contribution in [2.75, 3.05) is 17.3 Å². The summed E-state index contributed by atoms with van der Waals surface area (Å²) in [5.74, 6) is -3.77. The predicted molar refractivity (Wildman–Crippen MR) is 130 cm³/mol. The molecule has 3 rings (SSSR count). The lowest BCUT2D eigenvalue weighted by atomic mass is 9.94. The van der Waals surface area contributed by atoms with Crippen molar-refractivity contribution in [1.29, 1.82) is 0 Å². The molecule has 0 aliphatic rings. The van der Waals surface area contributed by atoms with E-state index in [1.807, 2.05) is 0 Å². The molecule has 0 fully saturated rings. The third-order valence-corrected chi connectivity index (χ3v) is 6.69. The van der Waals surface area contributed by atoms with Gasteiger partial charge in [-0.15, -0.1) is 0 Å². The summed E-state index contributed by atoms with van der Waals surface area (Å²) < 4.78 is 120. The minimum absolute atomic E-state index is 0.00255. The second-order valence-electron chi connectivity index (χ2n) is 7.93. The molecule has 208 valence electrons. The highest BCUT2D eigenvalue weighted by Crippen LogP contribution is 2.54. The number of alkyl halides is 7. The lowest BCUT2D eigenvalue weighted by Gasteiger charge is -2.31. The smallest absolute Gasteiger partial charge is 0.320 e. The lowest BCUT2D eigenvalue weighted by molar-refractivity contribution is -0.348. The van der Waals surface area contributed by atoms with Gasteiger partial charge in [0.1, 0.15) is 5.82 Å². The normalized spacial score (nSPS) is 12.3. The molecule has 0 atom stereocenters. The SMILES string of the molecule is CN(C(=O)c1ccc(F)cc1)c1cccc(C(=O)Nc2c(Br)cc(C(F)(C(F)(F)F)C(F)(F)F)cc2Br)c1F. The first-order valence-corrected chi connectivity index (χ1v) is 11.9. The zero-order valence-electron chi connectivity index (χ0n) is 19.1. The van der Waals surface area contributed by atoms with Gasteiger partial charge in [-0.25, -0.2) is 13.2 Å². The number of anilines is 2. The van der Waals surface area contributed by atoms with Crippen LogP contribution in [-0.4, -0.2) is 31.2 Å². The molecule has 0 aliphatic heterocycles. The van der Waals surface area contributed by atoms with Gasteiger partial charge >= 0.3 is 18.0 Å². The number of hydrogen-bond acceptors (Lipinski definition) is 2. The van der Waals surface area contributed by atoms with Crippen molar-refractivity contribution < 1.29 is 49.1 Å². The van der Waals surface area contributed by atoms with Gasteiger partial charge < -0.3 is 10.2 Å². The van der Waals surface area contributed by atoms with Crippen molar-refractivity contribution in [3.05, 3.63) is 91.9 Å². The second-order valence-corrected chi connectivity index (χ2v) is 9.64. The van der Waals surface area contributed by atoms with Crippen LogP contribution < -0.4 is 10.2 Å². The number of carbonyl (C=O) groups excluding carboxylic acids is 2. The Morgan fingerprint density at radius 3 is 1.82 bits per heavy atom. The van der Waals surface area contributed by atoms with E-state index in [0.717, 1.165) is 41.3 Å². The minimum atomic E-state index is -6.37. The van der Waals surface area contributed by atoms with E-state index >= 15 is 4.39 Å². The molecule has 0 heterocycles. The molecular formula is C24H13Br2F9N2O2. The van der Waals surface area contributed by atoms with Crippen LogP contribution in [0.15, 0.2) is 63.5 Å². The topological polar surface area (TPSA) is 49.4 Å². The molecule has 0 saturated heterocycles. The van der Waals surface area contributed by atoms with Gasteiger partial charge in [-0.1, -0.05) is 6.07 Å². The van der Waals surface area contributed by atoms with Crippen LogP contribution >= 0.6 is 31.9 Å². The molecule has 0 saturated carbocycles. The van der Waals surface area contributed by atoms with E-state index in [9.17, 15) is 44.7 Å². The summed E-state index contributed by atoms with van der Waals surface area (Å²) in [6.45, 7) is 0. The molecule has 3 aromatic rings. The second kappa shape index (κ2) is 10.8. The van der Waals surface area contributed by atoms with E-state index in [1.54, 1.807) is 0 Å². The van der Waals surface area contributed by atoms with Crippen LogP contribution in [0.2, 0.25) is 0 Å². The zero-order valence-corrected chi connectivity index (χ0v) is 22.3. The Hall–Kier alpha value is -3.07. The molecule has 2 amide bonds. The minimum Gasteiger partial charge on any atom is -0.320 e. The van der Waals surface area contributed by atoms with E-state index in [4.69, 9.17) is 0 Å². The number of rotatable bonds is 5. The maximum atomic E-state index is 15.3. The first kappa shape index (κ1) is 30.5. The molecule has 0 bridgehead atoms. The van der Waals surface area contributed by atoms with Crippen molar-refractivity contribution in [2.45, 2.75) is 18.0 Å². The molecule has 0 aliphatic carbocycles. The quantitative estimate of drug-likeness (QED) is 0.274. The molecule has 4 nitrogen and oxygen atoms in total. The predicted octanol–water partition coefficient (Wildman–Crippen LogP) is 8.31. The number of nitrogens with zero attached hydrogens (tertiary/aromatic N) is 1. The number of hydrogen-bond donors (Lipinski definition) is 1. The first-order valence-electron chi connectivity index (χ1n) is 10.4. The number of carbonyl (C=O) groups is 2. The van der Waals surface area contributed by atoms with Gasteiger partial charge in [-0.05, 0) is 80.4 Å². The summed E-state index contributed by atoms with van der Waals surface area (Å²) in [5, 5.41) is 2.12. The Bertz CT molecular complexity index is 1390. The highest BCUT2D eigenvalue weighted by molar-refractivity contribution is 9.11. The lowest BCUT2D eigenvalue weighted by Crippen LogP contribution is -2.50. The Balaban J connectivity index is 1.95. The van der Waals surface area contributed by atoms with E-state index < -0.39 is 67.2 Å². The summed E-state index contributed by atoms with van der Waals surface area (Å²) in [5.41, 5.74) is -9.01.